The molecule has 0 aliphatic heterocycles. The molecule has 218 valence electrons. The van der Waals surface area contributed by atoms with Crippen molar-refractivity contribution in [3.63, 3.8) is 0 Å². The molecular formula is C24H39N7O7S. The Kier molecular flexibility index (Phi) is 14.7. The molecule has 5 unspecified atom stereocenters. The van der Waals surface area contributed by atoms with E-state index in [1.54, 1.807) is 18.4 Å². The minimum Gasteiger partial charge on any atom is -0.508 e. The summed E-state index contributed by atoms with van der Waals surface area (Å²) in [6, 6.07) is 1.01. The van der Waals surface area contributed by atoms with Crippen LogP contribution in [0.15, 0.2) is 29.3 Å². The SMILES string of the molecule is CSCCC(NC(=O)C(NC(=O)C(Cc1ccc(O)cc1)NC(=O)C(N)CCCN=C(N)N)C(C)O)C(=O)O. The van der Waals surface area contributed by atoms with E-state index < -0.39 is 54.0 Å². The van der Waals surface area contributed by atoms with E-state index >= 15 is 0 Å². The number of rotatable bonds is 17. The van der Waals surface area contributed by atoms with E-state index in [0.717, 1.165) is 0 Å². The van der Waals surface area contributed by atoms with Crippen molar-refractivity contribution in [3.8, 4) is 5.75 Å². The average molecular weight is 570 g/mol. The van der Waals surface area contributed by atoms with Crippen molar-refractivity contribution in [2.45, 2.75) is 62.9 Å². The van der Waals surface area contributed by atoms with Gasteiger partial charge in [-0.3, -0.25) is 19.4 Å². The minimum atomic E-state index is -1.50. The van der Waals surface area contributed by atoms with E-state index in [-0.39, 0.29) is 37.5 Å². The number of aliphatic hydroxyl groups excluding tert-OH is 1. The Morgan fingerprint density at radius 2 is 1.59 bits per heavy atom. The largest absolute Gasteiger partial charge is 0.508 e. The fraction of sp³-hybridized carbons (Fsp3) is 0.542. The quantitative estimate of drug-likeness (QED) is 0.0562. The number of amides is 3. The van der Waals surface area contributed by atoms with Gasteiger partial charge in [0.05, 0.1) is 12.1 Å². The number of phenols is 1. The van der Waals surface area contributed by atoms with Gasteiger partial charge in [0.25, 0.3) is 0 Å². The highest BCUT2D eigenvalue weighted by atomic mass is 32.2. The van der Waals surface area contributed by atoms with Crippen LogP contribution >= 0.6 is 11.8 Å². The van der Waals surface area contributed by atoms with Crippen LogP contribution in [-0.4, -0.2) is 93.8 Å². The molecule has 5 atom stereocenters. The first-order chi connectivity index (χ1) is 18.3. The second kappa shape index (κ2) is 17.1. The van der Waals surface area contributed by atoms with E-state index in [1.165, 1.54) is 30.8 Å². The molecule has 1 rings (SSSR count). The number of aliphatic hydroxyl groups is 1. The maximum atomic E-state index is 13.2. The number of nitrogens with zero attached hydrogens (tertiary/aromatic N) is 1. The van der Waals surface area contributed by atoms with Crippen LogP contribution < -0.4 is 33.2 Å². The van der Waals surface area contributed by atoms with Crippen molar-refractivity contribution in [1.82, 2.24) is 16.0 Å². The zero-order valence-corrected chi connectivity index (χ0v) is 22.8. The second-order valence-electron chi connectivity index (χ2n) is 8.89. The lowest BCUT2D eigenvalue weighted by atomic mass is 10.0. The number of carboxylic acid groups (broad SMARTS) is 1. The monoisotopic (exact) mass is 569 g/mol. The number of carbonyl (C=O) groups excluding carboxylic acids is 3. The number of carboxylic acids is 1. The lowest BCUT2D eigenvalue weighted by molar-refractivity contribution is -0.143. The molecule has 12 N–H and O–H groups in total. The highest BCUT2D eigenvalue weighted by Gasteiger charge is 2.32. The van der Waals surface area contributed by atoms with Gasteiger partial charge in [-0.05, 0) is 55.9 Å². The molecule has 0 aliphatic carbocycles. The molecule has 0 heterocycles. The average Bonchev–Trinajstić information content (AvgIpc) is 2.87. The Morgan fingerprint density at radius 3 is 2.13 bits per heavy atom. The van der Waals surface area contributed by atoms with Crippen LogP contribution in [-0.2, 0) is 25.6 Å². The third kappa shape index (κ3) is 12.7. The molecule has 0 saturated heterocycles. The minimum absolute atomic E-state index is 0.00637. The number of hydrogen-bond acceptors (Lipinski definition) is 9. The van der Waals surface area contributed by atoms with Crippen LogP contribution in [0, 0.1) is 0 Å². The van der Waals surface area contributed by atoms with Gasteiger partial charge in [0.2, 0.25) is 17.7 Å². The molecule has 3 amide bonds. The number of aromatic hydroxyl groups is 1. The number of nitrogens with one attached hydrogen (secondary N) is 3. The fourth-order valence-corrected chi connectivity index (χ4v) is 3.89. The second-order valence-corrected chi connectivity index (χ2v) is 9.88. The first kappa shape index (κ1) is 33.5. The van der Waals surface area contributed by atoms with Gasteiger partial charge in [0, 0.05) is 13.0 Å². The highest BCUT2D eigenvalue weighted by molar-refractivity contribution is 7.98. The van der Waals surface area contributed by atoms with Gasteiger partial charge in [-0.15, -0.1) is 0 Å². The number of carbonyl (C=O) groups is 4. The van der Waals surface area contributed by atoms with Crippen molar-refractivity contribution in [2.75, 3.05) is 18.6 Å². The summed E-state index contributed by atoms with van der Waals surface area (Å²) in [5, 5.41) is 36.5. The summed E-state index contributed by atoms with van der Waals surface area (Å²) in [4.78, 5) is 54.2. The van der Waals surface area contributed by atoms with Crippen LogP contribution in [0.4, 0.5) is 0 Å². The Hall–Kier alpha value is -3.56. The number of phenolic OH excluding ortho intramolecular Hbond substituents is 1. The smallest absolute Gasteiger partial charge is 0.326 e. The van der Waals surface area contributed by atoms with Crippen LogP contribution in [0.25, 0.3) is 0 Å². The number of nitrogens with two attached hydrogens (primary N) is 3. The van der Waals surface area contributed by atoms with E-state index in [9.17, 15) is 34.5 Å². The number of benzene rings is 1. The Morgan fingerprint density at radius 1 is 0.974 bits per heavy atom. The molecule has 0 aromatic heterocycles. The molecule has 15 heteroatoms. The zero-order chi connectivity index (χ0) is 29.5. The molecule has 0 fully saturated rings. The first-order valence-corrected chi connectivity index (χ1v) is 13.6. The standard InChI is InChI=1S/C24H39N7O7S/c1-13(32)19(22(36)29-17(23(37)38)9-11-39-2)31-21(35)18(12-14-5-7-15(33)8-6-14)30-20(34)16(25)4-3-10-28-24(26)27/h5-8,13,16-19,32-33H,3-4,9-12,25H2,1-2H3,(H,29,36)(H,30,34)(H,31,35)(H,37,38)(H4,26,27,28). The number of hydrogen-bond donors (Lipinski definition) is 9. The van der Waals surface area contributed by atoms with Crippen LogP contribution in [0.2, 0.25) is 0 Å². The molecule has 0 radical (unpaired) electrons. The number of thioether (sulfide) groups is 1. The predicted molar refractivity (Wildman–Crippen MR) is 148 cm³/mol. The molecule has 0 spiro atoms. The van der Waals surface area contributed by atoms with Crippen molar-refractivity contribution < 1.29 is 34.5 Å². The molecule has 1 aromatic carbocycles. The number of aliphatic imine (C=N–C) groups is 1. The van der Waals surface area contributed by atoms with E-state index in [2.05, 4.69) is 20.9 Å². The zero-order valence-electron chi connectivity index (χ0n) is 22.0. The molecule has 39 heavy (non-hydrogen) atoms. The summed E-state index contributed by atoms with van der Waals surface area (Å²) in [6.45, 7) is 1.53. The van der Waals surface area contributed by atoms with Gasteiger partial charge in [0.15, 0.2) is 5.96 Å². The number of aliphatic carboxylic acids is 1. The first-order valence-electron chi connectivity index (χ1n) is 12.3. The molecule has 14 nitrogen and oxygen atoms in total. The van der Waals surface area contributed by atoms with Gasteiger partial charge in [-0.1, -0.05) is 12.1 Å². The number of guanidine groups is 1. The maximum Gasteiger partial charge on any atom is 0.326 e. The third-order valence-corrected chi connectivity index (χ3v) is 6.25. The molecular weight excluding hydrogens is 530 g/mol. The molecule has 0 bridgehead atoms. The lowest BCUT2D eigenvalue weighted by Gasteiger charge is -2.26. The Bertz CT molecular complexity index is 988. The molecule has 1 aromatic rings. The van der Waals surface area contributed by atoms with Crippen LogP contribution in [0.5, 0.6) is 5.75 Å². The van der Waals surface area contributed by atoms with Gasteiger partial charge in [-0.25, -0.2) is 4.79 Å². The van der Waals surface area contributed by atoms with Crippen molar-refractivity contribution >= 4 is 41.4 Å². The van der Waals surface area contributed by atoms with Gasteiger partial charge in [0.1, 0.15) is 23.9 Å². The summed E-state index contributed by atoms with van der Waals surface area (Å²) in [6.07, 6.45) is 1.15. The third-order valence-electron chi connectivity index (χ3n) is 5.60. The van der Waals surface area contributed by atoms with E-state index in [4.69, 9.17) is 17.2 Å². The summed E-state index contributed by atoms with van der Waals surface area (Å²) in [5.41, 5.74) is 17.1. The van der Waals surface area contributed by atoms with Gasteiger partial charge >= 0.3 is 5.97 Å². The Labute approximate surface area is 231 Å². The van der Waals surface area contributed by atoms with E-state index in [1.807, 2.05) is 0 Å². The van der Waals surface area contributed by atoms with Crippen molar-refractivity contribution in [2.24, 2.45) is 22.2 Å². The molecule has 0 aliphatic rings. The van der Waals surface area contributed by atoms with Crippen LogP contribution in [0.1, 0.15) is 31.7 Å². The summed E-state index contributed by atoms with van der Waals surface area (Å²) in [5.74, 6) is -3.20. The lowest BCUT2D eigenvalue weighted by Crippen LogP contribution is -2.60. The Balaban J connectivity index is 3.04. The summed E-state index contributed by atoms with van der Waals surface area (Å²) >= 11 is 1.40. The summed E-state index contributed by atoms with van der Waals surface area (Å²) in [7, 11) is 0. The van der Waals surface area contributed by atoms with Crippen LogP contribution in [0.3, 0.4) is 0 Å². The topological polar surface area (TPSA) is 255 Å². The van der Waals surface area contributed by atoms with Gasteiger partial charge < -0.3 is 48.5 Å². The van der Waals surface area contributed by atoms with Crippen molar-refractivity contribution in [1.29, 1.82) is 0 Å². The van der Waals surface area contributed by atoms with Crippen molar-refractivity contribution in [3.05, 3.63) is 29.8 Å². The predicted octanol–water partition coefficient (Wildman–Crippen LogP) is -2.01. The maximum absolute atomic E-state index is 13.2. The summed E-state index contributed by atoms with van der Waals surface area (Å²) < 4.78 is 0. The molecule has 0 saturated carbocycles. The normalized spacial score (nSPS) is 14.7. The van der Waals surface area contributed by atoms with E-state index in [0.29, 0.717) is 17.7 Å². The van der Waals surface area contributed by atoms with Gasteiger partial charge in [-0.2, -0.15) is 11.8 Å². The highest BCUT2D eigenvalue weighted by Crippen LogP contribution is 2.12. The fourth-order valence-electron chi connectivity index (χ4n) is 3.42.